The smallest absolute Gasteiger partial charge is 0.303 e. The third-order valence-electron chi connectivity index (χ3n) is 2.10. The Morgan fingerprint density at radius 3 is 2.47 bits per heavy atom. The first-order valence-corrected chi connectivity index (χ1v) is 4.97. The Morgan fingerprint density at radius 1 is 1.32 bits per heavy atom. The SMILES string of the molecule is O=C(O)CCC(=O)Nc1c([N+](=O)[O-])ccc(F)c1F. The van der Waals surface area contributed by atoms with Crippen LogP contribution in [-0.2, 0) is 9.59 Å². The third-order valence-corrected chi connectivity index (χ3v) is 2.10. The van der Waals surface area contributed by atoms with Gasteiger partial charge >= 0.3 is 5.97 Å². The van der Waals surface area contributed by atoms with Gasteiger partial charge in [-0.25, -0.2) is 8.78 Å². The second-order valence-corrected chi connectivity index (χ2v) is 3.45. The number of halogens is 2. The van der Waals surface area contributed by atoms with Crippen molar-refractivity contribution in [1.82, 2.24) is 0 Å². The van der Waals surface area contributed by atoms with E-state index >= 15 is 0 Å². The number of rotatable bonds is 5. The van der Waals surface area contributed by atoms with Crippen molar-refractivity contribution in [3.63, 3.8) is 0 Å². The minimum Gasteiger partial charge on any atom is -0.481 e. The second-order valence-electron chi connectivity index (χ2n) is 3.45. The van der Waals surface area contributed by atoms with Crippen LogP contribution in [0.4, 0.5) is 20.2 Å². The predicted molar refractivity (Wildman–Crippen MR) is 58.5 cm³/mol. The molecule has 0 saturated carbocycles. The molecule has 0 aliphatic heterocycles. The number of nitro benzene ring substituents is 1. The zero-order chi connectivity index (χ0) is 14.6. The molecule has 1 rings (SSSR count). The summed E-state index contributed by atoms with van der Waals surface area (Å²) < 4.78 is 26.3. The molecule has 0 saturated heterocycles. The highest BCUT2D eigenvalue weighted by molar-refractivity contribution is 5.94. The Balaban J connectivity index is 2.99. The van der Waals surface area contributed by atoms with E-state index in [1.165, 1.54) is 0 Å². The summed E-state index contributed by atoms with van der Waals surface area (Å²) in [5.74, 6) is -5.16. The van der Waals surface area contributed by atoms with Crippen LogP contribution in [0.5, 0.6) is 0 Å². The molecule has 0 fully saturated rings. The molecule has 0 radical (unpaired) electrons. The van der Waals surface area contributed by atoms with Crippen LogP contribution >= 0.6 is 0 Å². The molecule has 0 aliphatic carbocycles. The lowest BCUT2D eigenvalue weighted by Crippen LogP contribution is -2.16. The normalized spacial score (nSPS) is 10.0. The van der Waals surface area contributed by atoms with E-state index in [1.54, 1.807) is 5.32 Å². The van der Waals surface area contributed by atoms with Gasteiger partial charge in [-0.2, -0.15) is 0 Å². The highest BCUT2D eigenvalue weighted by Crippen LogP contribution is 2.29. The number of nitrogens with zero attached hydrogens (tertiary/aromatic N) is 1. The number of carbonyl (C=O) groups excluding carboxylic acids is 1. The van der Waals surface area contributed by atoms with Crippen molar-refractivity contribution in [1.29, 1.82) is 0 Å². The molecule has 0 atom stereocenters. The Bertz CT molecular complexity index is 547. The van der Waals surface area contributed by atoms with Gasteiger partial charge in [0, 0.05) is 12.5 Å². The molecule has 9 heteroatoms. The van der Waals surface area contributed by atoms with E-state index in [0.717, 1.165) is 0 Å². The van der Waals surface area contributed by atoms with Gasteiger partial charge in [0.15, 0.2) is 17.3 Å². The van der Waals surface area contributed by atoms with Gasteiger partial charge in [-0.1, -0.05) is 0 Å². The lowest BCUT2D eigenvalue weighted by molar-refractivity contribution is -0.384. The largest absolute Gasteiger partial charge is 0.481 e. The first-order chi connectivity index (χ1) is 8.82. The number of hydrogen-bond acceptors (Lipinski definition) is 4. The molecule has 1 aromatic rings. The Morgan fingerprint density at radius 2 is 1.95 bits per heavy atom. The maximum atomic E-state index is 13.4. The van der Waals surface area contributed by atoms with Gasteiger partial charge in [0.2, 0.25) is 5.91 Å². The molecule has 0 heterocycles. The summed E-state index contributed by atoms with van der Waals surface area (Å²) in [6.45, 7) is 0. The van der Waals surface area contributed by atoms with E-state index in [2.05, 4.69) is 0 Å². The van der Waals surface area contributed by atoms with Gasteiger partial charge in [0.25, 0.3) is 5.69 Å². The standard InChI is InChI=1S/C10H8F2N2O5/c11-5-1-2-6(14(18)19)10(9(5)12)13-7(15)3-4-8(16)17/h1-2H,3-4H2,(H,13,15)(H,16,17). The maximum Gasteiger partial charge on any atom is 0.303 e. The first kappa shape index (κ1) is 14.5. The molecule has 0 aliphatic rings. The van der Waals surface area contributed by atoms with Crippen molar-refractivity contribution in [2.24, 2.45) is 0 Å². The lowest BCUT2D eigenvalue weighted by atomic mass is 10.2. The van der Waals surface area contributed by atoms with Crippen LogP contribution < -0.4 is 5.32 Å². The summed E-state index contributed by atoms with van der Waals surface area (Å²) in [6.07, 6.45) is -1.04. The number of hydrogen-bond donors (Lipinski definition) is 2. The molecule has 0 bridgehead atoms. The summed E-state index contributed by atoms with van der Waals surface area (Å²) in [4.78, 5) is 31.1. The number of benzene rings is 1. The number of nitrogens with one attached hydrogen (secondary N) is 1. The van der Waals surface area contributed by atoms with E-state index in [-0.39, 0.29) is 0 Å². The lowest BCUT2D eigenvalue weighted by Gasteiger charge is -2.06. The average Bonchev–Trinajstić information content (AvgIpc) is 2.32. The van der Waals surface area contributed by atoms with Crippen molar-refractivity contribution in [2.75, 3.05) is 5.32 Å². The van der Waals surface area contributed by atoms with E-state index < -0.39 is 52.7 Å². The number of carbonyl (C=O) groups is 2. The minimum absolute atomic E-state index is 0.511. The minimum atomic E-state index is -1.57. The number of anilines is 1. The number of carboxylic acid groups (broad SMARTS) is 1. The Kier molecular flexibility index (Phi) is 4.46. The number of nitro groups is 1. The summed E-state index contributed by atoms with van der Waals surface area (Å²) in [7, 11) is 0. The predicted octanol–water partition coefficient (Wildman–Crippen LogP) is 1.68. The quantitative estimate of drug-likeness (QED) is 0.627. The van der Waals surface area contributed by atoms with Crippen molar-refractivity contribution >= 4 is 23.3 Å². The van der Waals surface area contributed by atoms with Crippen molar-refractivity contribution in [3.8, 4) is 0 Å². The fraction of sp³-hybridized carbons (Fsp3) is 0.200. The molecule has 0 spiro atoms. The van der Waals surface area contributed by atoms with Crippen molar-refractivity contribution in [2.45, 2.75) is 12.8 Å². The molecule has 19 heavy (non-hydrogen) atoms. The average molecular weight is 274 g/mol. The molecule has 0 aromatic heterocycles. The monoisotopic (exact) mass is 274 g/mol. The van der Waals surface area contributed by atoms with Crippen LogP contribution in [0.2, 0.25) is 0 Å². The molecule has 0 unspecified atom stereocenters. The molecule has 7 nitrogen and oxygen atoms in total. The number of carboxylic acids is 1. The van der Waals surface area contributed by atoms with Gasteiger partial charge < -0.3 is 10.4 Å². The van der Waals surface area contributed by atoms with E-state index in [0.29, 0.717) is 12.1 Å². The molecule has 2 N–H and O–H groups in total. The van der Waals surface area contributed by atoms with Crippen LogP contribution in [0.1, 0.15) is 12.8 Å². The fourth-order valence-electron chi connectivity index (χ4n) is 1.23. The molecule has 1 amide bonds. The third kappa shape index (κ3) is 3.69. The van der Waals surface area contributed by atoms with Gasteiger partial charge in [-0.05, 0) is 6.07 Å². The first-order valence-electron chi connectivity index (χ1n) is 4.97. The Hall–Kier alpha value is -2.58. The molecular weight excluding hydrogens is 266 g/mol. The molecular formula is C10H8F2N2O5. The van der Waals surface area contributed by atoms with Gasteiger partial charge in [-0.3, -0.25) is 19.7 Å². The topological polar surface area (TPSA) is 110 Å². The van der Waals surface area contributed by atoms with E-state index in [9.17, 15) is 28.5 Å². The summed E-state index contributed by atoms with van der Waals surface area (Å²) in [5, 5.41) is 20.7. The fourth-order valence-corrected chi connectivity index (χ4v) is 1.23. The summed E-state index contributed by atoms with van der Waals surface area (Å²) in [6, 6.07) is 1.26. The van der Waals surface area contributed by atoms with Crippen LogP contribution in [0, 0.1) is 21.7 Å². The van der Waals surface area contributed by atoms with Crippen molar-refractivity contribution < 1.29 is 28.4 Å². The van der Waals surface area contributed by atoms with E-state index in [1.807, 2.05) is 0 Å². The number of amides is 1. The van der Waals surface area contributed by atoms with Gasteiger partial charge in [0.1, 0.15) is 0 Å². The van der Waals surface area contributed by atoms with E-state index in [4.69, 9.17) is 5.11 Å². The maximum absolute atomic E-state index is 13.4. The highest BCUT2D eigenvalue weighted by Gasteiger charge is 2.23. The van der Waals surface area contributed by atoms with Crippen LogP contribution in [0.25, 0.3) is 0 Å². The van der Waals surface area contributed by atoms with Crippen LogP contribution in [0.3, 0.4) is 0 Å². The summed E-state index contributed by atoms with van der Waals surface area (Å²) in [5.41, 5.74) is -1.73. The summed E-state index contributed by atoms with van der Waals surface area (Å²) >= 11 is 0. The number of aliphatic carboxylic acids is 1. The molecule has 102 valence electrons. The zero-order valence-corrected chi connectivity index (χ0v) is 9.35. The zero-order valence-electron chi connectivity index (χ0n) is 9.35. The Labute approximate surface area is 105 Å². The van der Waals surface area contributed by atoms with Gasteiger partial charge in [0.05, 0.1) is 11.3 Å². The van der Waals surface area contributed by atoms with Crippen LogP contribution in [0.15, 0.2) is 12.1 Å². The van der Waals surface area contributed by atoms with Gasteiger partial charge in [-0.15, -0.1) is 0 Å². The molecule has 1 aromatic carbocycles. The van der Waals surface area contributed by atoms with Crippen LogP contribution in [-0.4, -0.2) is 21.9 Å². The van der Waals surface area contributed by atoms with Crippen molar-refractivity contribution in [3.05, 3.63) is 33.9 Å². The second kappa shape index (κ2) is 5.85. The highest BCUT2D eigenvalue weighted by atomic mass is 19.2.